The molecule has 1 atom stereocenters. The molecule has 118 valence electrons. The van der Waals surface area contributed by atoms with E-state index in [1.807, 2.05) is 0 Å². The van der Waals surface area contributed by atoms with Gasteiger partial charge in [0, 0.05) is 0 Å². The summed E-state index contributed by atoms with van der Waals surface area (Å²) in [6.07, 6.45) is -2.14. The molecule has 0 spiro atoms. The van der Waals surface area contributed by atoms with Crippen LogP contribution < -0.4 is 5.32 Å². The summed E-state index contributed by atoms with van der Waals surface area (Å²) in [5, 5.41) is 12.6. The highest BCUT2D eigenvalue weighted by atomic mass is 19.1. The minimum Gasteiger partial charge on any atom is -0.453 e. The molecule has 1 amide bonds. The van der Waals surface area contributed by atoms with Gasteiger partial charge in [-0.05, 0) is 35.4 Å². The Bertz CT molecular complexity index is 941. The van der Waals surface area contributed by atoms with Crippen molar-refractivity contribution < 1.29 is 23.1 Å². The number of aliphatic hydroxyl groups is 1. The molecule has 0 aliphatic carbocycles. The van der Waals surface area contributed by atoms with Crippen molar-refractivity contribution >= 4 is 23.1 Å². The molecular weight excluding hydrogens is 301 g/mol. The number of H-pyrrole nitrogens is 1. The number of methoxy groups -OCH3 is 1. The summed E-state index contributed by atoms with van der Waals surface area (Å²) in [5.74, 6) is -0.396. The Labute approximate surface area is 135 Å². The number of amides is 1. The Balaban J connectivity index is 1.81. The Hall–Kier alpha value is -2.93. The van der Waals surface area contributed by atoms with E-state index in [0.717, 1.165) is 0 Å². The fourth-order valence-corrected chi connectivity index (χ4v) is 2.22. The van der Waals surface area contributed by atoms with Crippen molar-refractivity contribution in [2.75, 3.05) is 12.4 Å². The monoisotopic (exact) mass is 318 g/mol. The van der Waals surface area contributed by atoms with E-state index in [1.165, 1.54) is 24.3 Å². The van der Waals surface area contributed by atoms with E-state index in [2.05, 4.69) is 20.0 Å². The van der Waals surface area contributed by atoms with Gasteiger partial charge in [-0.3, -0.25) is 5.32 Å². The molecule has 1 unspecified atom stereocenters. The number of imidazole rings is 1. The fraction of sp³-hybridized carbons (Fsp3) is 0.125. The molecule has 23 heavy (non-hydrogen) atoms. The number of carbonyl (C=O) groups is 1. The third-order valence-electron chi connectivity index (χ3n) is 3.32. The second-order valence-corrected chi connectivity index (χ2v) is 4.83. The summed E-state index contributed by atoms with van der Waals surface area (Å²) in [6.45, 7) is 0. The van der Waals surface area contributed by atoms with E-state index in [1.54, 1.807) is 18.2 Å². The molecule has 0 saturated heterocycles. The molecule has 3 rings (SSSR count). The van der Waals surface area contributed by atoms with Crippen molar-refractivity contribution in [2.45, 2.75) is 6.10 Å². The number of anilines is 1. The number of hydrogen-bond acceptors (Lipinski definition) is 4. The largest absolute Gasteiger partial charge is 0.453 e. The van der Waals surface area contributed by atoms with Crippen molar-refractivity contribution in [3.8, 4) is 0 Å². The molecule has 3 N–H and O–H groups in total. The van der Waals surface area contributed by atoms with Crippen LogP contribution >= 0.6 is 0 Å². The fourth-order valence-electron chi connectivity index (χ4n) is 2.22. The Morgan fingerprint density at radius 3 is 2.83 bits per heavy atom. The molecule has 0 fully saturated rings. The van der Waals surface area contributed by atoms with Gasteiger partial charge in [0.1, 0.15) is 11.9 Å². The first-order chi connectivity index (χ1) is 12.2. The summed E-state index contributed by atoms with van der Waals surface area (Å²) >= 11 is 0. The molecule has 1 aromatic heterocycles. The van der Waals surface area contributed by atoms with Gasteiger partial charge < -0.3 is 14.8 Å². The first-order valence-corrected chi connectivity index (χ1v) is 6.64. The standard InChI is InChI=1S/C16H14FN3O3/c1-23-16(22)20-15-18-12-7-4-10(8-13(12)19-15)14(21)9-2-5-11(17)6-3-9/h2-8,14,21H,1H3,(H2,18,19,20,22)/i1D3. The lowest BCUT2D eigenvalue weighted by Crippen LogP contribution is -2.11. The second-order valence-electron chi connectivity index (χ2n) is 4.83. The van der Waals surface area contributed by atoms with Gasteiger partial charge in [0.2, 0.25) is 5.95 Å². The highest BCUT2D eigenvalue weighted by Gasteiger charge is 2.13. The van der Waals surface area contributed by atoms with Crippen molar-refractivity contribution in [3.05, 3.63) is 59.4 Å². The number of aromatic amines is 1. The summed E-state index contributed by atoms with van der Waals surface area (Å²) in [5.41, 5.74) is 2.05. The number of ether oxygens (including phenoxy) is 1. The maximum absolute atomic E-state index is 13.0. The molecule has 0 aliphatic heterocycles. The van der Waals surface area contributed by atoms with Crippen LogP contribution in [0.15, 0.2) is 42.5 Å². The molecule has 0 radical (unpaired) electrons. The van der Waals surface area contributed by atoms with E-state index >= 15 is 0 Å². The molecule has 0 aliphatic rings. The maximum Gasteiger partial charge on any atom is 0.413 e. The van der Waals surface area contributed by atoms with Crippen LogP contribution in [0.2, 0.25) is 0 Å². The molecular formula is C16H14FN3O3. The van der Waals surface area contributed by atoms with E-state index in [4.69, 9.17) is 4.11 Å². The predicted molar refractivity (Wildman–Crippen MR) is 82.6 cm³/mol. The van der Waals surface area contributed by atoms with Gasteiger partial charge in [0.25, 0.3) is 0 Å². The van der Waals surface area contributed by atoms with E-state index in [9.17, 15) is 14.3 Å². The first kappa shape index (κ1) is 11.6. The lowest BCUT2D eigenvalue weighted by atomic mass is 10.0. The molecule has 3 aromatic rings. The summed E-state index contributed by atoms with van der Waals surface area (Å²) in [7, 11) is -2.86. The van der Waals surface area contributed by atoms with Crippen LogP contribution in [0.5, 0.6) is 0 Å². The summed E-state index contributed by atoms with van der Waals surface area (Å²) in [4.78, 5) is 18.3. The van der Waals surface area contributed by atoms with Crippen LogP contribution in [0.1, 0.15) is 21.3 Å². The number of nitrogens with one attached hydrogen (secondary N) is 2. The van der Waals surface area contributed by atoms with Gasteiger partial charge in [0.05, 0.1) is 22.2 Å². The molecule has 6 nitrogen and oxygen atoms in total. The van der Waals surface area contributed by atoms with Gasteiger partial charge in [0.15, 0.2) is 0 Å². The van der Waals surface area contributed by atoms with Crippen LogP contribution in [-0.2, 0) is 4.74 Å². The molecule has 1 heterocycles. The van der Waals surface area contributed by atoms with Crippen LogP contribution in [0, 0.1) is 5.82 Å². The second kappa shape index (κ2) is 6.05. The third-order valence-corrected chi connectivity index (χ3v) is 3.32. The normalized spacial score (nSPS) is 14.6. The number of hydrogen-bond donors (Lipinski definition) is 3. The number of nitrogens with zero attached hydrogens (tertiary/aromatic N) is 1. The number of benzene rings is 2. The zero-order valence-electron chi connectivity index (χ0n) is 14.7. The van der Waals surface area contributed by atoms with E-state index < -0.39 is 25.1 Å². The van der Waals surface area contributed by atoms with Gasteiger partial charge in [-0.2, -0.15) is 0 Å². The Kier molecular flexibility index (Phi) is 3.06. The number of aromatic nitrogens is 2. The number of fused-ring (bicyclic) bond motifs is 1. The molecule has 2 aromatic carbocycles. The number of carbonyl (C=O) groups excluding carboxylic acids is 1. The van der Waals surface area contributed by atoms with E-state index in [-0.39, 0.29) is 5.95 Å². The minimum absolute atomic E-state index is 0.00247. The SMILES string of the molecule is [2H]C([2H])([2H])OC(=O)Nc1nc2ccc(C(O)c3ccc(F)cc3)cc2[nH]1. The molecule has 7 heteroatoms. The van der Waals surface area contributed by atoms with Gasteiger partial charge in [-0.25, -0.2) is 14.2 Å². The van der Waals surface area contributed by atoms with Crippen LogP contribution in [0.25, 0.3) is 11.0 Å². The van der Waals surface area contributed by atoms with Crippen molar-refractivity contribution in [3.63, 3.8) is 0 Å². The number of rotatable bonds is 3. The van der Waals surface area contributed by atoms with Crippen molar-refractivity contribution in [1.82, 2.24) is 9.97 Å². The van der Waals surface area contributed by atoms with Gasteiger partial charge in [-0.15, -0.1) is 0 Å². The lowest BCUT2D eigenvalue weighted by molar-refractivity contribution is 0.186. The van der Waals surface area contributed by atoms with Crippen molar-refractivity contribution in [1.29, 1.82) is 0 Å². The lowest BCUT2D eigenvalue weighted by Gasteiger charge is -2.11. The highest BCUT2D eigenvalue weighted by molar-refractivity contribution is 5.86. The predicted octanol–water partition coefficient (Wildman–Crippen LogP) is 2.96. The molecule has 0 saturated carbocycles. The first-order valence-electron chi connectivity index (χ1n) is 8.14. The Morgan fingerprint density at radius 1 is 1.35 bits per heavy atom. The minimum atomic E-state index is -2.86. The summed E-state index contributed by atoms with van der Waals surface area (Å²) < 4.78 is 37.8. The van der Waals surface area contributed by atoms with Crippen LogP contribution in [-0.4, -0.2) is 28.2 Å². The topological polar surface area (TPSA) is 87.2 Å². The van der Waals surface area contributed by atoms with Gasteiger partial charge in [-0.1, -0.05) is 18.2 Å². The highest BCUT2D eigenvalue weighted by Crippen LogP contribution is 2.25. The number of halogens is 1. The zero-order valence-corrected chi connectivity index (χ0v) is 11.7. The average molecular weight is 318 g/mol. The number of aliphatic hydroxyl groups excluding tert-OH is 1. The quantitative estimate of drug-likeness (QED) is 0.693. The molecule has 0 bridgehead atoms. The van der Waals surface area contributed by atoms with Crippen LogP contribution in [0.3, 0.4) is 0 Å². The average Bonchev–Trinajstić information content (AvgIpc) is 2.94. The Morgan fingerprint density at radius 2 is 2.09 bits per heavy atom. The van der Waals surface area contributed by atoms with E-state index in [0.29, 0.717) is 22.2 Å². The third kappa shape index (κ3) is 3.14. The maximum atomic E-state index is 13.0. The smallest absolute Gasteiger partial charge is 0.413 e. The zero-order chi connectivity index (χ0) is 18.9. The summed E-state index contributed by atoms with van der Waals surface area (Å²) in [6, 6.07) is 10.4. The van der Waals surface area contributed by atoms with Crippen molar-refractivity contribution in [2.24, 2.45) is 0 Å². The van der Waals surface area contributed by atoms with Gasteiger partial charge >= 0.3 is 6.09 Å². The van der Waals surface area contributed by atoms with Crippen LogP contribution in [0.4, 0.5) is 15.1 Å².